The zero-order chi connectivity index (χ0) is 21.7. The first-order valence-corrected chi connectivity index (χ1v) is 9.51. The average Bonchev–Trinajstić information content (AvgIpc) is 2.61. The summed E-state index contributed by atoms with van der Waals surface area (Å²) in [6, 6.07) is 0.846. The van der Waals surface area contributed by atoms with Crippen LogP contribution < -0.4 is 15.3 Å². The second kappa shape index (κ2) is 7.33. The van der Waals surface area contributed by atoms with Crippen LogP contribution in [0.5, 0.6) is 0 Å². The Morgan fingerprint density at radius 1 is 1.41 bits per heavy atom. The maximum Gasteiger partial charge on any atom is 0.436 e. The number of ether oxygens (including phenoxy) is 1. The second-order valence-electron chi connectivity index (χ2n) is 8.06. The zero-order valence-electron chi connectivity index (χ0n) is 16.9. The van der Waals surface area contributed by atoms with Gasteiger partial charge in [-0.3, -0.25) is 0 Å². The van der Waals surface area contributed by atoms with Gasteiger partial charge < -0.3 is 19.7 Å². The lowest BCUT2D eigenvalue weighted by molar-refractivity contribution is -0.579. The minimum atomic E-state index is -0.907. The third-order valence-electron chi connectivity index (χ3n) is 4.68. The second-order valence-corrected chi connectivity index (χ2v) is 8.42. The van der Waals surface area contributed by atoms with Crippen LogP contribution in [-0.4, -0.2) is 51.8 Å². The van der Waals surface area contributed by atoms with E-state index >= 15 is 0 Å². The van der Waals surface area contributed by atoms with Crippen LogP contribution in [0.3, 0.4) is 0 Å². The summed E-state index contributed by atoms with van der Waals surface area (Å²) in [6.07, 6.45) is -0.430. The van der Waals surface area contributed by atoms with Gasteiger partial charge in [-0.1, -0.05) is 0 Å². The number of hydrogen-bond acceptors (Lipinski definition) is 6. The molecule has 0 aromatic carbocycles. The first-order chi connectivity index (χ1) is 13.4. The number of rotatable bonds is 1. The van der Waals surface area contributed by atoms with Crippen molar-refractivity contribution in [2.24, 2.45) is 7.05 Å². The number of amides is 1. The van der Waals surface area contributed by atoms with E-state index in [0.717, 1.165) is 10.6 Å². The maximum absolute atomic E-state index is 14.2. The molecule has 2 aromatic heterocycles. The molecule has 0 spiro atoms. The number of anilines is 1. The number of halogens is 2. The summed E-state index contributed by atoms with van der Waals surface area (Å²) in [4.78, 5) is 32.1. The Morgan fingerprint density at radius 3 is 2.66 bits per heavy atom. The van der Waals surface area contributed by atoms with E-state index in [4.69, 9.17) is 16.3 Å². The van der Waals surface area contributed by atoms with Crippen molar-refractivity contribution in [1.29, 1.82) is 0 Å². The van der Waals surface area contributed by atoms with Crippen molar-refractivity contribution in [3.8, 4) is 0 Å². The fourth-order valence-electron chi connectivity index (χ4n) is 3.33. The van der Waals surface area contributed by atoms with Crippen molar-refractivity contribution in [2.45, 2.75) is 39.3 Å². The Bertz CT molecular complexity index is 1040. The molecule has 0 saturated carbocycles. The highest BCUT2D eigenvalue weighted by Gasteiger charge is 2.33. The molecule has 0 aliphatic carbocycles. The molecular formula is C18H23ClFN5O4. The lowest BCUT2D eigenvalue weighted by atomic mass is 10.1. The molecule has 29 heavy (non-hydrogen) atoms. The predicted molar refractivity (Wildman–Crippen MR) is 106 cm³/mol. The number of aryl methyl sites for hydroxylation is 1. The van der Waals surface area contributed by atoms with Crippen molar-refractivity contribution in [2.75, 3.05) is 24.5 Å². The molecule has 0 radical (unpaired) electrons. The van der Waals surface area contributed by atoms with Gasteiger partial charge in [-0.15, -0.1) is 0 Å². The molecule has 158 valence electrons. The number of carbonyl (C=O) groups is 1. The number of hydrogen-bond donors (Lipinski definition) is 0. The van der Waals surface area contributed by atoms with Gasteiger partial charge in [0, 0.05) is 25.7 Å². The summed E-state index contributed by atoms with van der Waals surface area (Å²) in [5, 5.41) is 11.9. The predicted octanol–water partition coefficient (Wildman–Crippen LogP) is 1.81. The van der Waals surface area contributed by atoms with Crippen molar-refractivity contribution >= 4 is 34.5 Å². The molecule has 1 amide bonds. The molecule has 1 aliphatic rings. The van der Waals surface area contributed by atoms with E-state index in [1.807, 2.05) is 6.92 Å². The minimum Gasteiger partial charge on any atom is -0.709 e. The SMILES string of the molecule is C[C@H]1CN(C(=O)OC(C)(C)C)CCN1c1nc(=O)n(C)c2c1cc(F)c(Cl)[n+]2[O-]. The van der Waals surface area contributed by atoms with Gasteiger partial charge in [0.25, 0.3) is 0 Å². The lowest BCUT2D eigenvalue weighted by Gasteiger charge is -2.40. The van der Waals surface area contributed by atoms with Crippen molar-refractivity contribution in [1.82, 2.24) is 14.5 Å². The minimum absolute atomic E-state index is 0.0897. The summed E-state index contributed by atoms with van der Waals surface area (Å²) in [5.74, 6) is -0.726. The van der Waals surface area contributed by atoms with Crippen molar-refractivity contribution in [3.05, 3.63) is 32.7 Å². The molecule has 1 saturated heterocycles. The van der Waals surface area contributed by atoms with Crippen LogP contribution in [0.4, 0.5) is 15.0 Å². The molecule has 3 heterocycles. The summed E-state index contributed by atoms with van der Waals surface area (Å²) in [5.41, 5.74) is -1.37. The summed E-state index contributed by atoms with van der Waals surface area (Å²) < 4.78 is 20.8. The van der Waals surface area contributed by atoms with E-state index in [1.165, 1.54) is 7.05 Å². The first-order valence-electron chi connectivity index (χ1n) is 9.13. The van der Waals surface area contributed by atoms with Gasteiger partial charge in [-0.2, -0.15) is 9.55 Å². The number of pyridine rings is 1. The molecule has 1 fully saturated rings. The van der Waals surface area contributed by atoms with E-state index in [0.29, 0.717) is 19.6 Å². The molecule has 1 atom stereocenters. The van der Waals surface area contributed by atoms with Gasteiger partial charge in [-0.25, -0.2) is 18.7 Å². The number of nitrogens with zero attached hydrogens (tertiary/aromatic N) is 5. The molecule has 0 unspecified atom stereocenters. The molecule has 2 aromatic rings. The van der Waals surface area contributed by atoms with E-state index in [-0.39, 0.29) is 27.6 Å². The van der Waals surface area contributed by atoms with Gasteiger partial charge in [0.05, 0.1) is 7.05 Å². The van der Waals surface area contributed by atoms with Crippen LogP contribution in [0.1, 0.15) is 27.7 Å². The molecule has 3 rings (SSSR count). The quantitative estimate of drug-likeness (QED) is 0.391. The highest BCUT2D eigenvalue weighted by atomic mass is 35.5. The normalized spacial score (nSPS) is 17.7. The zero-order valence-corrected chi connectivity index (χ0v) is 17.7. The van der Waals surface area contributed by atoms with E-state index in [2.05, 4.69) is 4.98 Å². The van der Waals surface area contributed by atoms with Crippen LogP contribution in [-0.2, 0) is 11.8 Å². The Labute approximate surface area is 171 Å². The summed E-state index contributed by atoms with van der Waals surface area (Å²) in [7, 11) is 1.37. The van der Waals surface area contributed by atoms with Crippen LogP contribution in [0.15, 0.2) is 10.9 Å². The Morgan fingerprint density at radius 2 is 2.07 bits per heavy atom. The molecule has 1 aliphatic heterocycles. The highest BCUT2D eigenvalue weighted by molar-refractivity contribution is 6.28. The summed E-state index contributed by atoms with van der Waals surface area (Å²) in [6.45, 7) is 8.19. The third kappa shape index (κ3) is 3.93. The van der Waals surface area contributed by atoms with Gasteiger partial charge in [0.2, 0.25) is 5.15 Å². The maximum atomic E-state index is 14.2. The van der Waals surface area contributed by atoms with Crippen molar-refractivity contribution in [3.63, 3.8) is 0 Å². The number of fused-ring (bicyclic) bond motifs is 1. The lowest BCUT2D eigenvalue weighted by Crippen LogP contribution is -2.55. The average molecular weight is 428 g/mol. The highest BCUT2D eigenvalue weighted by Crippen LogP contribution is 2.27. The Kier molecular flexibility index (Phi) is 5.33. The number of piperazine rings is 1. The van der Waals surface area contributed by atoms with Gasteiger partial charge >= 0.3 is 17.4 Å². The number of aromatic nitrogens is 3. The van der Waals surface area contributed by atoms with Crippen molar-refractivity contribution < 1.29 is 18.7 Å². The third-order valence-corrected chi connectivity index (χ3v) is 5.01. The van der Waals surface area contributed by atoms with Gasteiger partial charge in [0.1, 0.15) is 11.0 Å². The van der Waals surface area contributed by atoms with E-state index in [9.17, 15) is 19.2 Å². The molecule has 11 heteroatoms. The van der Waals surface area contributed by atoms with E-state index in [1.54, 1.807) is 30.6 Å². The molecular weight excluding hydrogens is 405 g/mol. The standard InChI is InChI=1S/C18H23ClFN5O4/c1-10-9-23(17(27)29-18(2,3)4)6-7-24(10)14-11-8-12(20)13(19)25(28)15(11)22(5)16(26)21-14/h8,10H,6-7,9H2,1-5H3/t10-/m0/s1. The van der Waals surface area contributed by atoms with Crippen LogP contribution in [0.25, 0.3) is 11.0 Å². The number of carbonyl (C=O) groups excluding carboxylic acids is 1. The fourth-order valence-corrected chi connectivity index (χ4v) is 3.47. The molecule has 0 bridgehead atoms. The fraction of sp³-hybridized carbons (Fsp3) is 0.556. The molecule has 0 N–H and O–H groups in total. The van der Waals surface area contributed by atoms with Gasteiger partial charge in [-0.05, 0) is 45.4 Å². The largest absolute Gasteiger partial charge is 0.709 e. The molecule has 9 nitrogen and oxygen atoms in total. The topological polar surface area (TPSA) is 94.6 Å². The summed E-state index contributed by atoms with van der Waals surface area (Å²) >= 11 is 5.72. The van der Waals surface area contributed by atoms with Crippen LogP contribution >= 0.6 is 11.6 Å². The first kappa shape index (κ1) is 21.1. The van der Waals surface area contributed by atoms with E-state index < -0.39 is 28.4 Å². The van der Waals surface area contributed by atoms with Crippen LogP contribution in [0.2, 0.25) is 5.15 Å². The van der Waals surface area contributed by atoms with Gasteiger partial charge in [0.15, 0.2) is 11.6 Å². The monoisotopic (exact) mass is 427 g/mol. The Balaban J connectivity index is 1.99. The van der Waals surface area contributed by atoms with Crippen LogP contribution in [0, 0.1) is 11.0 Å². The Hall–Kier alpha value is -2.62. The smallest absolute Gasteiger partial charge is 0.436 e.